The van der Waals surface area contributed by atoms with E-state index in [1.54, 1.807) is 0 Å². The topological polar surface area (TPSA) is 39.1 Å². The summed E-state index contributed by atoms with van der Waals surface area (Å²) >= 11 is 0. The molecule has 0 aromatic rings. The molecule has 0 spiro atoms. The van der Waals surface area contributed by atoms with Crippen LogP contribution in [0.25, 0.3) is 0 Å². The first-order chi connectivity index (χ1) is 9.03. The molecule has 0 bridgehead atoms. The standard InChI is InChI=1S/C16H31N3/c1-5-16(6-2)9-12-19(13-10-16)11-8-15(4,14-17)18-7-3/h18H,5-13H2,1-4H3. The molecule has 1 saturated heterocycles. The third-order valence-corrected chi connectivity index (χ3v) is 5.16. The predicted octanol–water partition coefficient (Wildman–Crippen LogP) is 3.17. The molecule has 0 aromatic heterocycles. The average Bonchev–Trinajstić information content (AvgIpc) is 2.46. The third kappa shape index (κ3) is 4.47. The number of hydrogen-bond acceptors (Lipinski definition) is 3. The summed E-state index contributed by atoms with van der Waals surface area (Å²) in [6, 6.07) is 2.42. The molecule has 1 rings (SSSR count). The molecule has 19 heavy (non-hydrogen) atoms. The van der Waals surface area contributed by atoms with Crippen molar-refractivity contribution >= 4 is 0 Å². The Morgan fingerprint density at radius 2 is 1.79 bits per heavy atom. The molecule has 0 amide bonds. The van der Waals surface area contributed by atoms with Gasteiger partial charge in [0, 0.05) is 6.54 Å². The van der Waals surface area contributed by atoms with Crippen molar-refractivity contribution in [3.8, 4) is 6.07 Å². The highest BCUT2D eigenvalue weighted by molar-refractivity contribution is 5.04. The number of hydrogen-bond donors (Lipinski definition) is 1. The first-order valence-electron chi connectivity index (χ1n) is 7.91. The summed E-state index contributed by atoms with van der Waals surface area (Å²) in [5, 5.41) is 12.6. The highest BCUT2D eigenvalue weighted by Gasteiger charge is 2.32. The van der Waals surface area contributed by atoms with Crippen LogP contribution in [0.3, 0.4) is 0 Å². The van der Waals surface area contributed by atoms with Crippen LogP contribution in [0.4, 0.5) is 0 Å². The zero-order valence-electron chi connectivity index (χ0n) is 13.3. The van der Waals surface area contributed by atoms with E-state index in [4.69, 9.17) is 0 Å². The zero-order valence-corrected chi connectivity index (χ0v) is 13.3. The van der Waals surface area contributed by atoms with E-state index in [9.17, 15) is 5.26 Å². The maximum Gasteiger partial charge on any atom is 0.105 e. The molecule has 0 radical (unpaired) electrons. The van der Waals surface area contributed by atoms with E-state index in [2.05, 4.69) is 37.1 Å². The molecule has 1 N–H and O–H groups in total. The lowest BCUT2D eigenvalue weighted by atomic mass is 9.74. The Labute approximate surface area is 119 Å². The van der Waals surface area contributed by atoms with Crippen molar-refractivity contribution in [3.63, 3.8) is 0 Å². The van der Waals surface area contributed by atoms with Gasteiger partial charge in [0.05, 0.1) is 6.07 Å². The Morgan fingerprint density at radius 1 is 1.21 bits per heavy atom. The summed E-state index contributed by atoms with van der Waals surface area (Å²) in [5.74, 6) is 0. The maximum atomic E-state index is 9.27. The van der Waals surface area contributed by atoms with Gasteiger partial charge in [0.15, 0.2) is 0 Å². The Kier molecular flexibility index (Phi) is 6.29. The smallest absolute Gasteiger partial charge is 0.105 e. The van der Waals surface area contributed by atoms with Gasteiger partial charge >= 0.3 is 0 Å². The van der Waals surface area contributed by atoms with Gasteiger partial charge in [0.25, 0.3) is 0 Å². The van der Waals surface area contributed by atoms with E-state index < -0.39 is 0 Å². The van der Waals surface area contributed by atoms with Gasteiger partial charge < -0.3 is 4.90 Å². The molecule has 0 saturated carbocycles. The third-order valence-electron chi connectivity index (χ3n) is 5.16. The van der Waals surface area contributed by atoms with Crippen LogP contribution in [0.5, 0.6) is 0 Å². The van der Waals surface area contributed by atoms with Crippen LogP contribution in [0.15, 0.2) is 0 Å². The van der Waals surface area contributed by atoms with E-state index in [1.165, 1.54) is 38.8 Å². The number of piperidine rings is 1. The largest absolute Gasteiger partial charge is 0.303 e. The van der Waals surface area contributed by atoms with E-state index in [-0.39, 0.29) is 5.54 Å². The Morgan fingerprint density at radius 3 is 2.21 bits per heavy atom. The fraction of sp³-hybridized carbons (Fsp3) is 0.938. The molecule has 1 unspecified atom stereocenters. The fourth-order valence-corrected chi connectivity index (χ4v) is 3.16. The molecule has 1 heterocycles. The summed E-state index contributed by atoms with van der Waals surface area (Å²) in [4.78, 5) is 2.54. The van der Waals surface area contributed by atoms with Gasteiger partial charge in [-0.3, -0.25) is 5.32 Å². The molecule has 3 nitrogen and oxygen atoms in total. The monoisotopic (exact) mass is 265 g/mol. The van der Waals surface area contributed by atoms with Gasteiger partial charge in [-0.1, -0.05) is 33.6 Å². The molecule has 0 aromatic carbocycles. The Balaban J connectivity index is 2.39. The van der Waals surface area contributed by atoms with Gasteiger partial charge in [-0.25, -0.2) is 0 Å². The number of nitrogens with one attached hydrogen (secondary N) is 1. The molecule has 1 aliphatic rings. The first kappa shape index (κ1) is 16.5. The predicted molar refractivity (Wildman–Crippen MR) is 81.0 cm³/mol. The number of nitriles is 1. The van der Waals surface area contributed by atoms with Crippen molar-refractivity contribution in [2.75, 3.05) is 26.2 Å². The van der Waals surface area contributed by atoms with Crippen molar-refractivity contribution in [3.05, 3.63) is 0 Å². The van der Waals surface area contributed by atoms with Crippen LogP contribution in [0, 0.1) is 16.7 Å². The second-order valence-corrected chi connectivity index (χ2v) is 6.27. The van der Waals surface area contributed by atoms with Gasteiger partial charge in [0.1, 0.15) is 5.54 Å². The van der Waals surface area contributed by atoms with Crippen molar-refractivity contribution in [1.29, 1.82) is 5.26 Å². The number of likely N-dealkylation sites (tertiary alicyclic amines) is 1. The van der Waals surface area contributed by atoms with E-state index >= 15 is 0 Å². The number of rotatable bonds is 7. The highest BCUT2D eigenvalue weighted by Crippen LogP contribution is 2.37. The minimum atomic E-state index is -0.362. The molecule has 3 heteroatoms. The SMILES string of the molecule is CCNC(C)(C#N)CCN1CCC(CC)(CC)CC1. The normalized spacial score (nSPS) is 22.7. The summed E-state index contributed by atoms with van der Waals surface area (Å²) in [7, 11) is 0. The highest BCUT2D eigenvalue weighted by atomic mass is 15.1. The summed E-state index contributed by atoms with van der Waals surface area (Å²) in [6.07, 6.45) is 6.19. The van der Waals surface area contributed by atoms with Crippen LogP contribution < -0.4 is 5.32 Å². The lowest BCUT2D eigenvalue weighted by Gasteiger charge is -2.41. The summed E-state index contributed by atoms with van der Waals surface area (Å²) in [5.41, 5.74) is 0.232. The minimum Gasteiger partial charge on any atom is -0.303 e. The lowest BCUT2D eigenvalue weighted by molar-refractivity contribution is 0.0910. The van der Waals surface area contributed by atoms with E-state index in [1.807, 2.05) is 6.92 Å². The van der Waals surface area contributed by atoms with Crippen LogP contribution in [-0.2, 0) is 0 Å². The fourth-order valence-electron chi connectivity index (χ4n) is 3.16. The van der Waals surface area contributed by atoms with Crippen molar-refractivity contribution in [2.45, 2.75) is 65.3 Å². The molecule has 0 aliphatic carbocycles. The molecule has 110 valence electrons. The van der Waals surface area contributed by atoms with Crippen molar-refractivity contribution in [2.24, 2.45) is 5.41 Å². The second kappa shape index (κ2) is 7.26. The van der Waals surface area contributed by atoms with Crippen LogP contribution in [-0.4, -0.2) is 36.6 Å². The first-order valence-corrected chi connectivity index (χ1v) is 7.91. The zero-order chi connectivity index (χ0) is 14.4. The average molecular weight is 265 g/mol. The van der Waals surface area contributed by atoms with Gasteiger partial charge in [-0.2, -0.15) is 5.26 Å². The summed E-state index contributed by atoms with van der Waals surface area (Å²) < 4.78 is 0. The van der Waals surface area contributed by atoms with Crippen molar-refractivity contribution < 1.29 is 0 Å². The Bertz CT molecular complexity index is 294. The van der Waals surface area contributed by atoms with E-state index in [0.717, 1.165) is 19.5 Å². The van der Waals surface area contributed by atoms with Gasteiger partial charge in [0.2, 0.25) is 0 Å². The molecular formula is C16H31N3. The number of nitrogens with zero attached hydrogens (tertiary/aromatic N) is 2. The molecule has 1 atom stereocenters. The molecular weight excluding hydrogens is 234 g/mol. The second-order valence-electron chi connectivity index (χ2n) is 6.27. The Hall–Kier alpha value is -0.590. The maximum absolute atomic E-state index is 9.27. The van der Waals surface area contributed by atoms with E-state index in [0.29, 0.717) is 5.41 Å². The van der Waals surface area contributed by atoms with Crippen LogP contribution >= 0.6 is 0 Å². The quantitative estimate of drug-likeness (QED) is 0.768. The minimum absolute atomic E-state index is 0.362. The van der Waals surface area contributed by atoms with Gasteiger partial charge in [-0.05, 0) is 51.2 Å². The van der Waals surface area contributed by atoms with Crippen molar-refractivity contribution in [1.82, 2.24) is 10.2 Å². The van der Waals surface area contributed by atoms with Gasteiger partial charge in [-0.15, -0.1) is 0 Å². The van der Waals surface area contributed by atoms with Crippen LogP contribution in [0.1, 0.15) is 59.8 Å². The van der Waals surface area contributed by atoms with Crippen LogP contribution in [0.2, 0.25) is 0 Å². The summed E-state index contributed by atoms with van der Waals surface area (Å²) in [6.45, 7) is 13.0. The molecule has 1 fully saturated rings. The lowest BCUT2D eigenvalue weighted by Crippen LogP contribution is -2.46. The molecule has 1 aliphatic heterocycles.